The van der Waals surface area contributed by atoms with E-state index < -0.39 is 67.4 Å². The van der Waals surface area contributed by atoms with Crippen LogP contribution in [0.4, 0.5) is 0 Å². The van der Waals surface area contributed by atoms with E-state index in [9.17, 15) is 35.1 Å². The van der Waals surface area contributed by atoms with Crippen LogP contribution < -0.4 is 5.32 Å². The summed E-state index contributed by atoms with van der Waals surface area (Å²) in [5.41, 5.74) is 0. The monoisotopic (exact) mass is 1100 g/mol. The maximum Gasteiger partial charge on any atom is 0.306 e. The minimum Gasteiger partial charge on any atom is -0.454 e. The van der Waals surface area contributed by atoms with Crippen LogP contribution in [0.1, 0.15) is 303 Å². The van der Waals surface area contributed by atoms with Crippen molar-refractivity contribution in [1.29, 1.82) is 0 Å². The number of allylic oxidation sites excluding steroid dienone is 7. The molecule has 0 aromatic heterocycles. The third-order valence-electron chi connectivity index (χ3n) is 15.5. The van der Waals surface area contributed by atoms with Crippen LogP contribution in [0, 0.1) is 0 Å². The summed E-state index contributed by atoms with van der Waals surface area (Å²) in [6, 6.07) is -1.03. The molecule has 8 unspecified atom stereocenters. The molecule has 0 saturated carbocycles. The van der Waals surface area contributed by atoms with Gasteiger partial charge < -0.3 is 45.1 Å². The van der Waals surface area contributed by atoms with Crippen molar-refractivity contribution in [2.75, 3.05) is 13.2 Å². The average molecular weight is 1100 g/mol. The Balaban J connectivity index is 2.61. The Morgan fingerprint density at radius 1 is 0.500 bits per heavy atom. The molecule has 0 aliphatic carbocycles. The first-order valence-corrected chi connectivity index (χ1v) is 32.9. The van der Waals surface area contributed by atoms with Gasteiger partial charge in [0, 0.05) is 6.42 Å². The van der Waals surface area contributed by atoms with E-state index in [-0.39, 0.29) is 19.4 Å². The number of aliphatic hydroxyl groups excluding tert-OH is 5. The molecule has 0 spiro atoms. The predicted molar refractivity (Wildman–Crippen MR) is 324 cm³/mol. The van der Waals surface area contributed by atoms with Crippen LogP contribution >= 0.6 is 0 Å². The van der Waals surface area contributed by atoms with Crippen molar-refractivity contribution in [2.24, 2.45) is 0 Å². The Morgan fingerprint density at radius 2 is 0.885 bits per heavy atom. The summed E-state index contributed by atoms with van der Waals surface area (Å²) in [6.45, 7) is 5.77. The summed E-state index contributed by atoms with van der Waals surface area (Å²) in [7, 11) is 0. The molecule has 1 aliphatic rings. The number of hydrogen-bond donors (Lipinski definition) is 6. The molecule has 11 heteroatoms. The lowest BCUT2D eigenvalue weighted by atomic mass is 9.99. The molecule has 6 N–H and O–H groups in total. The Labute approximate surface area is 478 Å². The lowest BCUT2D eigenvalue weighted by Crippen LogP contribution is -2.61. The van der Waals surface area contributed by atoms with Crippen LogP contribution in [-0.4, -0.2) is 99.6 Å². The van der Waals surface area contributed by atoms with Crippen molar-refractivity contribution in [3.63, 3.8) is 0 Å². The SMILES string of the molecule is CCCCC/C=C\C/C=C\CCCCCCCCCCCCCCCC(=O)OC1C(OCC(NC(=O)C(O)CCCC/C=C\CCCCCCCCC)C(O)/C=C/CCCCCCCCCCCCC)OC(CO)C(O)C1O. The Kier molecular flexibility index (Phi) is 52.1. The van der Waals surface area contributed by atoms with Crippen molar-refractivity contribution in [1.82, 2.24) is 5.32 Å². The van der Waals surface area contributed by atoms with Gasteiger partial charge in [-0.3, -0.25) is 9.59 Å². The van der Waals surface area contributed by atoms with Crippen LogP contribution in [0.3, 0.4) is 0 Å². The molecular formula is C67H123NO10. The van der Waals surface area contributed by atoms with E-state index in [0.717, 1.165) is 64.2 Å². The highest BCUT2D eigenvalue weighted by Gasteiger charge is 2.47. The molecule has 1 aliphatic heterocycles. The van der Waals surface area contributed by atoms with E-state index in [1.54, 1.807) is 6.08 Å². The maximum atomic E-state index is 13.4. The summed E-state index contributed by atoms with van der Waals surface area (Å²) in [6.07, 6.45) is 57.2. The van der Waals surface area contributed by atoms with Gasteiger partial charge in [-0.1, -0.05) is 262 Å². The molecular weight excluding hydrogens is 979 g/mol. The highest BCUT2D eigenvalue weighted by molar-refractivity contribution is 5.80. The first kappa shape index (κ1) is 73.6. The summed E-state index contributed by atoms with van der Waals surface area (Å²) in [5, 5.41) is 57.0. The molecule has 1 amide bonds. The summed E-state index contributed by atoms with van der Waals surface area (Å²) in [4.78, 5) is 26.6. The maximum absolute atomic E-state index is 13.4. The van der Waals surface area contributed by atoms with E-state index in [4.69, 9.17) is 14.2 Å². The quantitative estimate of drug-likeness (QED) is 0.0195. The van der Waals surface area contributed by atoms with Gasteiger partial charge >= 0.3 is 5.97 Å². The first-order valence-electron chi connectivity index (χ1n) is 32.9. The molecule has 1 heterocycles. The Hall–Kier alpha value is -2.38. The van der Waals surface area contributed by atoms with E-state index in [1.807, 2.05) is 6.08 Å². The van der Waals surface area contributed by atoms with E-state index in [2.05, 4.69) is 62.5 Å². The van der Waals surface area contributed by atoms with Crippen LogP contribution in [0.25, 0.3) is 0 Å². The Bertz CT molecular complexity index is 1450. The summed E-state index contributed by atoms with van der Waals surface area (Å²) < 4.78 is 17.6. The standard InChI is InChI=1S/C67H123NO10/c1-4-7-10-13-16-19-22-25-26-27-28-29-30-31-32-33-34-37-40-43-46-49-52-55-62(72)78-65-64(74)63(73)61(56-69)77-67(65)76-57-58(59(70)53-50-47-44-41-38-35-23-20-17-14-11-8-5-2)68-66(75)60(71)54-51-48-45-42-39-36-24-21-18-15-12-9-6-3/h16,19,25-26,39,42,50,53,58-61,63-65,67,69-71,73-74H,4-15,17-18,20-24,27-38,40-41,43-49,51-52,54-57H2,1-3H3,(H,68,75)/b19-16-,26-25-,42-39-,53-50+. The second-order valence-electron chi connectivity index (χ2n) is 22.8. The van der Waals surface area contributed by atoms with Crippen molar-refractivity contribution in [3.8, 4) is 0 Å². The Morgan fingerprint density at radius 3 is 1.35 bits per heavy atom. The van der Waals surface area contributed by atoms with Crippen LogP contribution in [0.15, 0.2) is 48.6 Å². The number of ether oxygens (including phenoxy) is 3. The van der Waals surface area contributed by atoms with E-state index in [0.29, 0.717) is 12.8 Å². The molecule has 0 radical (unpaired) electrons. The van der Waals surface area contributed by atoms with Crippen molar-refractivity contribution in [3.05, 3.63) is 48.6 Å². The van der Waals surface area contributed by atoms with Crippen LogP contribution in [0.2, 0.25) is 0 Å². The van der Waals surface area contributed by atoms with Crippen molar-refractivity contribution < 1.29 is 49.3 Å². The highest BCUT2D eigenvalue weighted by Crippen LogP contribution is 2.26. The molecule has 78 heavy (non-hydrogen) atoms. The summed E-state index contributed by atoms with van der Waals surface area (Å²) >= 11 is 0. The fraction of sp³-hybridized carbons (Fsp3) is 0.851. The molecule has 1 fully saturated rings. The van der Waals surface area contributed by atoms with Gasteiger partial charge in [-0.25, -0.2) is 0 Å². The first-order chi connectivity index (χ1) is 38.2. The zero-order valence-electron chi connectivity index (χ0n) is 50.5. The zero-order chi connectivity index (χ0) is 56.8. The lowest BCUT2D eigenvalue weighted by molar-refractivity contribution is -0.305. The van der Waals surface area contributed by atoms with E-state index in [1.165, 1.54) is 193 Å². The van der Waals surface area contributed by atoms with Gasteiger partial charge in [0.2, 0.25) is 5.91 Å². The average Bonchev–Trinajstić information content (AvgIpc) is 3.44. The molecule has 456 valence electrons. The van der Waals surface area contributed by atoms with Gasteiger partial charge in [-0.15, -0.1) is 0 Å². The third kappa shape index (κ3) is 42.5. The number of unbranched alkanes of at least 4 members (excludes halogenated alkanes) is 36. The number of aliphatic hydroxyl groups is 5. The zero-order valence-corrected chi connectivity index (χ0v) is 50.5. The topological polar surface area (TPSA) is 175 Å². The van der Waals surface area contributed by atoms with Gasteiger partial charge in [0.1, 0.15) is 24.4 Å². The van der Waals surface area contributed by atoms with E-state index >= 15 is 0 Å². The molecule has 0 bridgehead atoms. The fourth-order valence-corrected chi connectivity index (χ4v) is 10.2. The molecule has 1 saturated heterocycles. The van der Waals surface area contributed by atoms with Gasteiger partial charge in [0.15, 0.2) is 12.4 Å². The lowest BCUT2D eigenvalue weighted by Gasteiger charge is -2.41. The number of nitrogens with one attached hydrogen (secondary N) is 1. The highest BCUT2D eigenvalue weighted by atomic mass is 16.7. The molecule has 0 aromatic rings. The van der Waals surface area contributed by atoms with Gasteiger partial charge in [0.25, 0.3) is 0 Å². The van der Waals surface area contributed by atoms with Crippen LogP contribution in [0.5, 0.6) is 0 Å². The minimum absolute atomic E-state index is 0.122. The number of amides is 1. The number of esters is 1. The molecule has 8 atom stereocenters. The third-order valence-corrected chi connectivity index (χ3v) is 15.5. The minimum atomic E-state index is -1.62. The fourth-order valence-electron chi connectivity index (χ4n) is 10.2. The van der Waals surface area contributed by atoms with Gasteiger partial charge in [-0.2, -0.15) is 0 Å². The van der Waals surface area contributed by atoms with Gasteiger partial charge in [-0.05, 0) is 83.5 Å². The van der Waals surface area contributed by atoms with Crippen molar-refractivity contribution in [2.45, 2.75) is 352 Å². The van der Waals surface area contributed by atoms with Gasteiger partial charge in [0.05, 0.1) is 25.4 Å². The second kappa shape index (κ2) is 55.2. The van der Waals surface area contributed by atoms with Crippen LogP contribution in [-0.2, 0) is 23.8 Å². The number of carbonyl (C=O) groups excluding carboxylic acids is 2. The second-order valence-corrected chi connectivity index (χ2v) is 22.8. The molecule has 1 rings (SSSR count). The number of rotatable bonds is 56. The number of carbonyl (C=O) groups is 2. The predicted octanol–water partition coefficient (Wildman–Crippen LogP) is 16.0. The summed E-state index contributed by atoms with van der Waals surface area (Å²) in [5.74, 6) is -1.20. The smallest absolute Gasteiger partial charge is 0.306 e. The molecule has 0 aromatic carbocycles. The normalized spacial score (nSPS) is 19.2. The van der Waals surface area contributed by atoms with Crippen molar-refractivity contribution >= 4 is 11.9 Å². The molecule has 11 nitrogen and oxygen atoms in total. The largest absolute Gasteiger partial charge is 0.454 e. The number of hydrogen-bond acceptors (Lipinski definition) is 10.